The van der Waals surface area contributed by atoms with Crippen LogP contribution in [0, 0.1) is 0 Å². The van der Waals surface area contributed by atoms with Crippen molar-refractivity contribution in [3.05, 3.63) is 23.2 Å². The molecular weight excluding hydrogens is 301 g/mol. The largest absolute Gasteiger partial charge is 0.444 e. The fraction of sp³-hybridized carbons (Fsp3) is 0.385. The van der Waals surface area contributed by atoms with Gasteiger partial charge in [0.05, 0.1) is 22.3 Å². The van der Waals surface area contributed by atoms with E-state index in [9.17, 15) is 4.79 Å². The molecule has 0 aromatic heterocycles. The number of halogens is 2. The van der Waals surface area contributed by atoms with Crippen molar-refractivity contribution >= 4 is 46.5 Å². The molecule has 0 bridgehead atoms. The van der Waals surface area contributed by atoms with Crippen LogP contribution in [-0.4, -0.2) is 23.4 Å². The predicted octanol–water partition coefficient (Wildman–Crippen LogP) is 3.91. The van der Waals surface area contributed by atoms with Crippen LogP contribution in [-0.2, 0) is 4.74 Å². The third-order valence-electron chi connectivity index (χ3n) is 2.00. The molecule has 7 heteroatoms. The standard InChI is InChI=1S/C13H17Cl2N3O2/c1-13(2,3)20-12(19)18-10-5-4-8(6-9(10)15)17-11(16)7-14/h4-6H,7H2,1-3H3,(H2,16,17)(H,18,19). The number of rotatable bonds is 3. The van der Waals surface area contributed by atoms with Gasteiger partial charge in [0.1, 0.15) is 11.4 Å². The van der Waals surface area contributed by atoms with Gasteiger partial charge in [0, 0.05) is 0 Å². The molecule has 1 aromatic rings. The molecule has 110 valence electrons. The summed E-state index contributed by atoms with van der Waals surface area (Å²) in [4.78, 5) is 15.7. The highest BCUT2D eigenvalue weighted by Gasteiger charge is 2.17. The van der Waals surface area contributed by atoms with Gasteiger partial charge >= 0.3 is 6.09 Å². The second-order valence-electron chi connectivity index (χ2n) is 5.03. The summed E-state index contributed by atoms with van der Waals surface area (Å²) in [5, 5.41) is 2.90. The van der Waals surface area contributed by atoms with Crippen LogP contribution < -0.4 is 11.1 Å². The van der Waals surface area contributed by atoms with Crippen molar-refractivity contribution in [2.75, 3.05) is 11.2 Å². The predicted molar refractivity (Wildman–Crippen MR) is 83.3 cm³/mol. The van der Waals surface area contributed by atoms with E-state index in [0.29, 0.717) is 16.4 Å². The van der Waals surface area contributed by atoms with Crippen molar-refractivity contribution in [1.82, 2.24) is 0 Å². The number of hydrogen-bond donors (Lipinski definition) is 2. The molecule has 5 nitrogen and oxygen atoms in total. The quantitative estimate of drug-likeness (QED) is 0.504. The lowest BCUT2D eigenvalue weighted by Crippen LogP contribution is -2.27. The molecule has 0 aliphatic heterocycles. The van der Waals surface area contributed by atoms with E-state index >= 15 is 0 Å². The first-order valence-corrected chi connectivity index (χ1v) is 6.81. The highest BCUT2D eigenvalue weighted by molar-refractivity contribution is 6.34. The first-order chi connectivity index (χ1) is 9.21. The molecular formula is C13H17Cl2N3O2. The van der Waals surface area contributed by atoms with Crippen LogP contribution in [0.2, 0.25) is 5.02 Å². The van der Waals surface area contributed by atoms with Crippen molar-refractivity contribution in [2.45, 2.75) is 26.4 Å². The number of carbonyl (C=O) groups excluding carboxylic acids is 1. The maximum absolute atomic E-state index is 11.6. The smallest absolute Gasteiger partial charge is 0.412 e. The number of ether oxygens (including phenoxy) is 1. The Morgan fingerprint density at radius 1 is 1.45 bits per heavy atom. The zero-order valence-corrected chi connectivity index (χ0v) is 13.0. The molecule has 0 saturated carbocycles. The molecule has 1 aromatic carbocycles. The number of alkyl halides is 1. The summed E-state index contributed by atoms with van der Waals surface area (Å²) in [7, 11) is 0. The highest BCUT2D eigenvalue weighted by atomic mass is 35.5. The van der Waals surface area contributed by atoms with Crippen LogP contribution in [0.15, 0.2) is 23.2 Å². The van der Waals surface area contributed by atoms with Crippen molar-refractivity contribution in [2.24, 2.45) is 10.7 Å². The van der Waals surface area contributed by atoms with Gasteiger partial charge in [-0.25, -0.2) is 9.79 Å². The number of carbonyl (C=O) groups is 1. The second kappa shape index (κ2) is 6.81. The summed E-state index contributed by atoms with van der Waals surface area (Å²) >= 11 is 11.6. The first kappa shape index (κ1) is 16.6. The molecule has 0 heterocycles. The second-order valence-corrected chi connectivity index (χ2v) is 5.70. The Kier molecular flexibility index (Phi) is 5.65. The molecule has 0 spiro atoms. The Hall–Kier alpha value is -1.46. The third-order valence-corrected chi connectivity index (χ3v) is 2.58. The maximum atomic E-state index is 11.6. The van der Waals surface area contributed by atoms with E-state index in [2.05, 4.69) is 10.3 Å². The normalized spacial score (nSPS) is 12.2. The number of amides is 1. The van der Waals surface area contributed by atoms with Crippen LogP contribution in [0.4, 0.5) is 16.2 Å². The van der Waals surface area contributed by atoms with E-state index < -0.39 is 11.7 Å². The van der Waals surface area contributed by atoms with Crippen molar-refractivity contribution in [1.29, 1.82) is 0 Å². The van der Waals surface area contributed by atoms with Gasteiger partial charge in [-0.15, -0.1) is 11.6 Å². The van der Waals surface area contributed by atoms with E-state index in [4.69, 9.17) is 33.7 Å². The number of nitrogens with zero attached hydrogens (tertiary/aromatic N) is 1. The van der Waals surface area contributed by atoms with E-state index in [1.165, 1.54) is 0 Å². The monoisotopic (exact) mass is 317 g/mol. The Labute approximate surface area is 128 Å². The van der Waals surface area contributed by atoms with Crippen LogP contribution in [0.3, 0.4) is 0 Å². The lowest BCUT2D eigenvalue weighted by Gasteiger charge is -2.20. The van der Waals surface area contributed by atoms with Crippen molar-refractivity contribution in [3.63, 3.8) is 0 Å². The zero-order valence-electron chi connectivity index (χ0n) is 11.5. The summed E-state index contributed by atoms with van der Waals surface area (Å²) < 4.78 is 5.14. The van der Waals surface area contributed by atoms with Gasteiger partial charge in [-0.2, -0.15) is 0 Å². The van der Waals surface area contributed by atoms with Gasteiger partial charge in [-0.3, -0.25) is 5.32 Å². The number of aliphatic imine (C=N–C) groups is 1. The molecule has 0 aliphatic carbocycles. The van der Waals surface area contributed by atoms with Gasteiger partial charge < -0.3 is 10.5 Å². The van der Waals surface area contributed by atoms with Gasteiger partial charge in [0.15, 0.2) is 0 Å². The van der Waals surface area contributed by atoms with Crippen molar-refractivity contribution in [3.8, 4) is 0 Å². The summed E-state index contributed by atoms with van der Waals surface area (Å²) in [5.74, 6) is 0.422. The molecule has 1 amide bonds. The van der Waals surface area contributed by atoms with Crippen LogP contribution in [0.1, 0.15) is 20.8 Å². The van der Waals surface area contributed by atoms with Gasteiger partial charge in [0.25, 0.3) is 0 Å². The van der Waals surface area contributed by atoms with Crippen molar-refractivity contribution < 1.29 is 9.53 Å². The van der Waals surface area contributed by atoms with E-state index in [1.54, 1.807) is 39.0 Å². The van der Waals surface area contributed by atoms with Gasteiger partial charge in [0.2, 0.25) is 0 Å². The molecule has 0 atom stereocenters. The number of nitrogens with one attached hydrogen (secondary N) is 1. The summed E-state index contributed by atoms with van der Waals surface area (Å²) in [5.41, 5.74) is 5.95. The molecule has 20 heavy (non-hydrogen) atoms. The molecule has 0 fully saturated rings. The molecule has 1 rings (SSSR count). The molecule has 0 saturated heterocycles. The molecule has 3 N–H and O–H groups in total. The Morgan fingerprint density at radius 2 is 2.10 bits per heavy atom. The van der Waals surface area contributed by atoms with Crippen LogP contribution in [0.25, 0.3) is 0 Å². The average Bonchev–Trinajstić information content (AvgIpc) is 2.30. The number of benzene rings is 1. The molecule has 0 unspecified atom stereocenters. The minimum atomic E-state index is -0.574. The zero-order chi connectivity index (χ0) is 15.3. The van der Waals surface area contributed by atoms with Gasteiger partial charge in [-0.05, 0) is 39.0 Å². The van der Waals surface area contributed by atoms with Crippen LogP contribution >= 0.6 is 23.2 Å². The van der Waals surface area contributed by atoms with Crippen LogP contribution in [0.5, 0.6) is 0 Å². The maximum Gasteiger partial charge on any atom is 0.412 e. The molecule has 0 aliphatic rings. The Morgan fingerprint density at radius 3 is 2.60 bits per heavy atom. The Balaban J connectivity index is 2.81. The molecule has 0 radical (unpaired) electrons. The lowest BCUT2D eigenvalue weighted by atomic mass is 10.2. The summed E-state index contributed by atoms with van der Waals surface area (Å²) in [6.45, 7) is 5.34. The summed E-state index contributed by atoms with van der Waals surface area (Å²) in [6, 6.07) is 4.86. The number of nitrogens with two attached hydrogens (primary N) is 1. The average molecular weight is 318 g/mol. The minimum Gasteiger partial charge on any atom is -0.444 e. The fourth-order valence-electron chi connectivity index (χ4n) is 1.28. The van der Waals surface area contributed by atoms with E-state index in [1.807, 2.05) is 0 Å². The summed E-state index contributed by atoms with van der Waals surface area (Å²) in [6.07, 6.45) is -0.573. The third kappa shape index (κ3) is 5.67. The highest BCUT2D eigenvalue weighted by Crippen LogP contribution is 2.27. The minimum absolute atomic E-state index is 0.134. The van der Waals surface area contributed by atoms with E-state index in [-0.39, 0.29) is 11.7 Å². The SMILES string of the molecule is CC(C)(C)OC(=O)Nc1ccc(N=C(N)CCl)cc1Cl. The lowest BCUT2D eigenvalue weighted by molar-refractivity contribution is 0.0636. The topological polar surface area (TPSA) is 76.7 Å². The number of amidine groups is 1. The first-order valence-electron chi connectivity index (χ1n) is 5.90. The number of anilines is 1. The van der Waals surface area contributed by atoms with E-state index in [0.717, 1.165) is 0 Å². The van der Waals surface area contributed by atoms with Gasteiger partial charge in [-0.1, -0.05) is 11.6 Å². The fourth-order valence-corrected chi connectivity index (χ4v) is 1.57. The number of hydrogen-bond acceptors (Lipinski definition) is 3. The Bertz CT molecular complexity index is 525.